The molecule has 0 amide bonds. The van der Waals surface area contributed by atoms with Crippen LogP contribution in [0.4, 0.5) is 0 Å². The van der Waals surface area contributed by atoms with Gasteiger partial charge in [-0.25, -0.2) is 0 Å². The molecule has 0 fully saturated rings. The third-order valence-corrected chi connectivity index (χ3v) is 3.14. The summed E-state index contributed by atoms with van der Waals surface area (Å²) in [6.07, 6.45) is 3.94. The van der Waals surface area contributed by atoms with Gasteiger partial charge in [-0.1, -0.05) is 26.7 Å². The van der Waals surface area contributed by atoms with Gasteiger partial charge in [0.2, 0.25) is 0 Å². The zero-order chi connectivity index (χ0) is 18.8. The SMILES string of the molecule is CC(O)COC(C)CO.CCCCC(COC(C)CO)OCCC. The maximum absolute atomic E-state index is 8.83. The van der Waals surface area contributed by atoms with E-state index in [1.807, 2.05) is 6.92 Å². The van der Waals surface area contributed by atoms with E-state index in [9.17, 15) is 0 Å². The minimum absolute atomic E-state index is 0.00667. The number of rotatable bonds is 14. The average Bonchev–Trinajstić information content (AvgIpc) is 2.59. The van der Waals surface area contributed by atoms with Crippen LogP contribution in [0.25, 0.3) is 0 Å². The molecule has 0 aromatic carbocycles. The third kappa shape index (κ3) is 19.8. The van der Waals surface area contributed by atoms with Crippen molar-refractivity contribution in [1.29, 1.82) is 0 Å². The molecule has 0 spiro atoms. The van der Waals surface area contributed by atoms with Crippen molar-refractivity contribution in [3.8, 4) is 0 Å². The third-order valence-electron chi connectivity index (χ3n) is 3.14. The Labute approximate surface area is 148 Å². The Morgan fingerprint density at radius 3 is 1.75 bits per heavy atom. The molecular formula is C18H40O6. The van der Waals surface area contributed by atoms with E-state index < -0.39 is 6.10 Å². The highest BCUT2D eigenvalue weighted by Gasteiger charge is 2.10. The summed E-state index contributed by atoms with van der Waals surface area (Å²) >= 11 is 0. The van der Waals surface area contributed by atoms with E-state index in [1.54, 1.807) is 13.8 Å². The summed E-state index contributed by atoms with van der Waals surface area (Å²) < 4.78 is 16.1. The van der Waals surface area contributed by atoms with Crippen LogP contribution in [-0.2, 0) is 14.2 Å². The fourth-order valence-corrected chi connectivity index (χ4v) is 1.61. The smallest absolute Gasteiger partial charge is 0.0808 e. The number of aliphatic hydroxyl groups excluding tert-OH is 3. The molecule has 0 bridgehead atoms. The topological polar surface area (TPSA) is 88.4 Å². The van der Waals surface area contributed by atoms with Crippen LogP contribution in [-0.4, -0.2) is 72.8 Å². The molecule has 0 heterocycles. The quantitative estimate of drug-likeness (QED) is 0.444. The van der Waals surface area contributed by atoms with Gasteiger partial charge >= 0.3 is 0 Å². The Bertz CT molecular complexity index is 230. The summed E-state index contributed by atoms with van der Waals surface area (Å²) in [6, 6.07) is 0. The van der Waals surface area contributed by atoms with E-state index in [2.05, 4.69) is 13.8 Å². The first-order valence-corrected chi connectivity index (χ1v) is 9.15. The van der Waals surface area contributed by atoms with E-state index in [0.29, 0.717) is 13.2 Å². The zero-order valence-electron chi connectivity index (χ0n) is 16.2. The average molecular weight is 353 g/mol. The summed E-state index contributed by atoms with van der Waals surface area (Å²) in [5.74, 6) is 0. The Morgan fingerprint density at radius 1 is 0.792 bits per heavy atom. The van der Waals surface area contributed by atoms with Gasteiger partial charge in [0.25, 0.3) is 0 Å². The highest BCUT2D eigenvalue weighted by Crippen LogP contribution is 2.07. The van der Waals surface area contributed by atoms with E-state index >= 15 is 0 Å². The first-order chi connectivity index (χ1) is 11.4. The first kappa shape index (κ1) is 26.0. The van der Waals surface area contributed by atoms with E-state index in [1.165, 1.54) is 12.8 Å². The molecule has 0 saturated heterocycles. The van der Waals surface area contributed by atoms with Crippen LogP contribution in [0.3, 0.4) is 0 Å². The zero-order valence-corrected chi connectivity index (χ0v) is 16.2. The normalized spacial score (nSPS) is 16.0. The van der Waals surface area contributed by atoms with Crippen LogP contribution < -0.4 is 0 Å². The summed E-state index contributed by atoms with van der Waals surface area (Å²) in [6.45, 7) is 11.3. The molecule has 0 saturated carbocycles. The predicted molar refractivity (Wildman–Crippen MR) is 96.2 cm³/mol. The van der Waals surface area contributed by atoms with Gasteiger partial charge in [0, 0.05) is 6.61 Å². The molecule has 0 rings (SSSR count). The molecule has 0 aliphatic rings. The van der Waals surface area contributed by atoms with E-state index in [4.69, 9.17) is 29.5 Å². The lowest BCUT2D eigenvalue weighted by molar-refractivity contribution is -0.0553. The fraction of sp³-hybridized carbons (Fsp3) is 1.00. The summed E-state index contributed by atoms with van der Waals surface area (Å²) in [5, 5.41) is 26.0. The molecule has 24 heavy (non-hydrogen) atoms. The molecule has 0 aliphatic heterocycles. The van der Waals surface area contributed by atoms with Gasteiger partial charge in [0.05, 0.1) is 50.8 Å². The fourth-order valence-electron chi connectivity index (χ4n) is 1.61. The van der Waals surface area contributed by atoms with Crippen molar-refractivity contribution in [3.63, 3.8) is 0 Å². The highest BCUT2D eigenvalue weighted by molar-refractivity contribution is 4.58. The van der Waals surface area contributed by atoms with Gasteiger partial charge < -0.3 is 29.5 Å². The molecule has 0 aromatic rings. The van der Waals surface area contributed by atoms with Gasteiger partial charge in [-0.2, -0.15) is 0 Å². The van der Waals surface area contributed by atoms with Crippen molar-refractivity contribution in [2.75, 3.05) is 33.0 Å². The molecule has 0 aliphatic carbocycles. The second-order valence-corrected chi connectivity index (χ2v) is 6.14. The monoisotopic (exact) mass is 352 g/mol. The standard InChI is InChI=1S/C12H26O3.C6H14O3/c1-4-6-7-12(14-8-5-2)10-15-11(3)9-13;1-5(8)4-9-6(2)3-7/h11-13H,4-10H2,1-3H3;5-8H,3-4H2,1-2H3. The van der Waals surface area contributed by atoms with E-state index in [-0.39, 0.29) is 31.5 Å². The molecule has 6 heteroatoms. The van der Waals surface area contributed by atoms with Crippen LogP contribution in [0.15, 0.2) is 0 Å². The number of unbranched alkanes of at least 4 members (excludes halogenated alkanes) is 1. The molecule has 4 atom stereocenters. The van der Waals surface area contributed by atoms with Crippen LogP contribution in [0.2, 0.25) is 0 Å². The second kappa shape index (κ2) is 19.1. The Hall–Kier alpha value is -0.240. The summed E-state index contributed by atoms with van der Waals surface area (Å²) in [4.78, 5) is 0. The van der Waals surface area contributed by atoms with Gasteiger partial charge in [-0.3, -0.25) is 0 Å². The molecule has 0 aromatic heterocycles. The number of hydrogen-bond acceptors (Lipinski definition) is 6. The molecule has 6 nitrogen and oxygen atoms in total. The molecule has 0 radical (unpaired) electrons. The minimum Gasteiger partial charge on any atom is -0.394 e. The van der Waals surface area contributed by atoms with Crippen molar-refractivity contribution < 1.29 is 29.5 Å². The van der Waals surface area contributed by atoms with Crippen LogP contribution in [0.1, 0.15) is 60.3 Å². The van der Waals surface area contributed by atoms with Gasteiger partial charge in [0.1, 0.15) is 0 Å². The Morgan fingerprint density at radius 2 is 1.33 bits per heavy atom. The molecule has 148 valence electrons. The molecule has 3 N–H and O–H groups in total. The van der Waals surface area contributed by atoms with Crippen LogP contribution >= 0.6 is 0 Å². The second-order valence-electron chi connectivity index (χ2n) is 6.14. The number of hydrogen-bond donors (Lipinski definition) is 3. The van der Waals surface area contributed by atoms with Crippen LogP contribution in [0.5, 0.6) is 0 Å². The van der Waals surface area contributed by atoms with Crippen molar-refractivity contribution >= 4 is 0 Å². The predicted octanol–water partition coefficient (Wildman–Crippen LogP) is 2.13. The maximum Gasteiger partial charge on any atom is 0.0808 e. The minimum atomic E-state index is -0.445. The molecule has 4 unspecified atom stereocenters. The van der Waals surface area contributed by atoms with Gasteiger partial charge in [0.15, 0.2) is 0 Å². The highest BCUT2D eigenvalue weighted by atomic mass is 16.5. The Balaban J connectivity index is 0. The summed E-state index contributed by atoms with van der Waals surface area (Å²) in [7, 11) is 0. The summed E-state index contributed by atoms with van der Waals surface area (Å²) in [5.41, 5.74) is 0. The maximum atomic E-state index is 8.83. The first-order valence-electron chi connectivity index (χ1n) is 9.15. The lowest BCUT2D eigenvalue weighted by Crippen LogP contribution is -2.25. The van der Waals surface area contributed by atoms with Gasteiger partial charge in [-0.15, -0.1) is 0 Å². The lowest BCUT2D eigenvalue weighted by Gasteiger charge is -2.19. The van der Waals surface area contributed by atoms with Crippen molar-refractivity contribution in [3.05, 3.63) is 0 Å². The van der Waals surface area contributed by atoms with Crippen molar-refractivity contribution in [2.24, 2.45) is 0 Å². The van der Waals surface area contributed by atoms with Crippen LogP contribution in [0, 0.1) is 0 Å². The number of ether oxygens (including phenoxy) is 3. The van der Waals surface area contributed by atoms with Crippen molar-refractivity contribution in [1.82, 2.24) is 0 Å². The van der Waals surface area contributed by atoms with E-state index in [0.717, 1.165) is 19.4 Å². The molecular weight excluding hydrogens is 312 g/mol. The Kier molecular flexibility index (Phi) is 20.7. The number of aliphatic hydroxyl groups is 3. The largest absolute Gasteiger partial charge is 0.394 e. The van der Waals surface area contributed by atoms with Crippen molar-refractivity contribution in [2.45, 2.75) is 84.7 Å². The van der Waals surface area contributed by atoms with Gasteiger partial charge in [-0.05, 0) is 33.6 Å². The lowest BCUT2D eigenvalue weighted by atomic mass is 10.2.